The molecule has 2 fully saturated rings. The van der Waals surface area contributed by atoms with Gasteiger partial charge >= 0.3 is 0 Å². The highest BCUT2D eigenvalue weighted by atomic mass is 16.5. The molecule has 2 aromatic rings. The van der Waals surface area contributed by atoms with E-state index >= 15 is 0 Å². The first-order chi connectivity index (χ1) is 14.7. The van der Waals surface area contributed by atoms with Crippen molar-refractivity contribution in [1.29, 1.82) is 0 Å². The van der Waals surface area contributed by atoms with Crippen LogP contribution in [0.3, 0.4) is 0 Å². The first-order valence-electron chi connectivity index (χ1n) is 10.5. The van der Waals surface area contributed by atoms with E-state index in [0.29, 0.717) is 25.1 Å². The van der Waals surface area contributed by atoms with Gasteiger partial charge in [0.25, 0.3) is 5.56 Å². The number of morpholine rings is 1. The molecule has 1 aromatic carbocycles. The standard InChI is InChI=1S/C22H30N4O4/c1-28-18-4-3-17(20(13-18)29-2)15-25-7-5-16(6-8-25)19-14-21(27)24-22(23-19)26-9-11-30-12-10-26/h3-4,13-14,16H,5-12,15H2,1-2H3,(H,23,24,27). The molecule has 0 amide bonds. The van der Waals surface area contributed by atoms with Gasteiger partial charge in [-0.05, 0) is 32.0 Å². The normalized spacial score (nSPS) is 18.4. The van der Waals surface area contributed by atoms with Gasteiger partial charge < -0.3 is 19.1 Å². The highest BCUT2D eigenvalue weighted by Gasteiger charge is 2.24. The predicted octanol–water partition coefficient (Wildman–Crippen LogP) is 2.00. The van der Waals surface area contributed by atoms with Gasteiger partial charge in [0.15, 0.2) is 0 Å². The van der Waals surface area contributed by atoms with Gasteiger partial charge in [-0.15, -0.1) is 0 Å². The second-order valence-electron chi connectivity index (χ2n) is 7.82. The van der Waals surface area contributed by atoms with Crippen molar-refractivity contribution in [2.75, 3.05) is 58.5 Å². The number of H-pyrrole nitrogens is 1. The number of ether oxygens (including phenoxy) is 3. The Morgan fingerprint density at radius 1 is 1.10 bits per heavy atom. The van der Waals surface area contributed by atoms with E-state index in [4.69, 9.17) is 19.2 Å². The van der Waals surface area contributed by atoms with Gasteiger partial charge in [0.05, 0.1) is 33.1 Å². The number of methoxy groups -OCH3 is 2. The summed E-state index contributed by atoms with van der Waals surface area (Å²) in [5, 5.41) is 0. The van der Waals surface area contributed by atoms with Crippen LogP contribution in [0.1, 0.15) is 30.0 Å². The van der Waals surface area contributed by atoms with Gasteiger partial charge in [-0.2, -0.15) is 0 Å². The number of rotatable bonds is 6. The van der Waals surface area contributed by atoms with Crippen LogP contribution in [0.4, 0.5) is 5.95 Å². The number of benzene rings is 1. The molecule has 0 spiro atoms. The van der Waals surface area contributed by atoms with Crippen molar-refractivity contribution >= 4 is 5.95 Å². The summed E-state index contributed by atoms with van der Waals surface area (Å²) in [6.45, 7) is 5.61. The van der Waals surface area contributed by atoms with Crippen LogP contribution in [-0.2, 0) is 11.3 Å². The first-order valence-corrected chi connectivity index (χ1v) is 10.5. The molecule has 0 atom stereocenters. The molecule has 1 N–H and O–H groups in total. The molecule has 2 aliphatic heterocycles. The maximum absolute atomic E-state index is 12.2. The molecule has 2 saturated heterocycles. The number of hydrogen-bond acceptors (Lipinski definition) is 7. The van der Waals surface area contributed by atoms with Crippen molar-refractivity contribution in [2.24, 2.45) is 0 Å². The highest BCUT2D eigenvalue weighted by molar-refractivity contribution is 5.40. The second kappa shape index (κ2) is 9.49. The Kier molecular flexibility index (Phi) is 6.54. The molecule has 0 saturated carbocycles. The Bertz CT molecular complexity index is 902. The van der Waals surface area contributed by atoms with Crippen molar-refractivity contribution in [3.8, 4) is 11.5 Å². The Hall–Kier alpha value is -2.58. The van der Waals surface area contributed by atoms with Crippen LogP contribution in [-0.4, -0.2) is 68.5 Å². The Morgan fingerprint density at radius 3 is 2.57 bits per heavy atom. The van der Waals surface area contributed by atoms with E-state index in [-0.39, 0.29) is 5.56 Å². The summed E-state index contributed by atoms with van der Waals surface area (Å²) < 4.78 is 16.2. The summed E-state index contributed by atoms with van der Waals surface area (Å²) in [5.41, 5.74) is 1.98. The number of nitrogens with one attached hydrogen (secondary N) is 1. The maximum Gasteiger partial charge on any atom is 0.252 e. The monoisotopic (exact) mass is 414 g/mol. The third-order valence-corrected chi connectivity index (χ3v) is 5.95. The molecule has 4 rings (SSSR count). The number of piperidine rings is 1. The van der Waals surface area contributed by atoms with Gasteiger partial charge in [-0.1, -0.05) is 6.07 Å². The molecule has 30 heavy (non-hydrogen) atoms. The largest absolute Gasteiger partial charge is 0.497 e. The summed E-state index contributed by atoms with van der Waals surface area (Å²) in [5.74, 6) is 2.63. The van der Waals surface area contributed by atoms with Crippen molar-refractivity contribution in [1.82, 2.24) is 14.9 Å². The number of hydrogen-bond donors (Lipinski definition) is 1. The molecule has 8 nitrogen and oxygen atoms in total. The number of likely N-dealkylation sites (tertiary alicyclic amines) is 1. The Balaban J connectivity index is 1.40. The quantitative estimate of drug-likeness (QED) is 0.774. The van der Waals surface area contributed by atoms with E-state index in [1.807, 2.05) is 12.1 Å². The molecule has 0 bridgehead atoms. The van der Waals surface area contributed by atoms with Crippen molar-refractivity contribution in [3.63, 3.8) is 0 Å². The molecular formula is C22H30N4O4. The molecular weight excluding hydrogens is 384 g/mol. The molecule has 162 valence electrons. The third kappa shape index (κ3) is 4.76. The first kappa shape index (κ1) is 20.7. The predicted molar refractivity (Wildman–Crippen MR) is 115 cm³/mol. The summed E-state index contributed by atoms with van der Waals surface area (Å²) in [6, 6.07) is 7.63. The van der Waals surface area contributed by atoms with E-state index in [9.17, 15) is 4.79 Å². The van der Waals surface area contributed by atoms with Gasteiger partial charge in [0.1, 0.15) is 11.5 Å². The lowest BCUT2D eigenvalue weighted by atomic mass is 9.93. The molecule has 0 radical (unpaired) electrons. The second-order valence-corrected chi connectivity index (χ2v) is 7.82. The summed E-state index contributed by atoms with van der Waals surface area (Å²) in [4.78, 5) is 24.4. The minimum atomic E-state index is -0.0770. The molecule has 8 heteroatoms. The molecule has 1 aromatic heterocycles. The average molecular weight is 415 g/mol. The van der Waals surface area contributed by atoms with E-state index in [0.717, 1.165) is 68.3 Å². The number of anilines is 1. The van der Waals surface area contributed by atoms with Crippen LogP contribution in [0, 0.1) is 0 Å². The molecule has 2 aliphatic rings. The van der Waals surface area contributed by atoms with Gasteiger partial charge in [0, 0.05) is 43.2 Å². The van der Waals surface area contributed by atoms with Crippen LogP contribution in [0.5, 0.6) is 11.5 Å². The van der Waals surface area contributed by atoms with Crippen LogP contribution in [0.2, 0.25) is 0 Å². The zero-order chi connectivity index (χ0) is 20.9. The number of aromatic amines is 1. The van der Waals surface area contributed by atoms with Crippen LogP contribution in [0.25, 0.3) is 0 Å². The van der Waals surface area contributed by atoms with Crippen molar-refractivity contribution < 1.29 is 14.2 Å². The van der Waals surface area contributed by atoms with Gasteiger partial charge in [0.2, 0.25) is 5.95 Å². The topological polar surface area (TPSA) is 79.9 Å². The molecule has 0 aliphatic carbocycles. The SMILES string of the molecule is COc1ccc(CN2CCC(c3cc(=O)[nH]c(N4CCOCC4)n3)CC2)c(OC)c1. The van der Waals surface area contributed by atoms with Crippen LogP contribution in [0.15, 0.2) is 29.1 Å². The van der Waals surface area contributed by atoms with Gasteiger partial charge in [-0.25, -0.2) is 4.98 Å². The minimum Gasteiger partial charge on any atom is -0.497 e. The smallest absolute Gasteiger partial charge is 0.252 e. The van der Waals surface area contributed by atoms with Crippen LogP contribution < -0.4 is 19.9 Å². The minimum absolute atomic E-state index is 0.0770. The van der Waals surface area contributed by atoms with Crippen molar-refractivity contribution in [2.45, 2.75) is 25.3 Å². The zero-order valence-corrected chi connectivity index (χ0v) is 17.7. The fraction of sp³-hybridized carbons (Fsp3) is 0.545. The van der Waals surface area contributed by atoms with E-state index in [1.165, 1.54) is 0 Å². The molecule has 0 unspecified atom stereocenters. The molecule has 3 heterocycles. The lowest BCUT2D eigenvalue weighted by Crippen LogP contribution is -2.39. The fourth-order valence-electron chi connectivity index (χ4n) is 4.21. The third-order valence-electron chi connectivity index (χ3n) is 5.95. The summed E-state index contributed by atoms with van der Waals surface area (Å²) >= 11 is 0. The van der Waals surface area contributed by atoms with Crippen molar-refractivity contribution in [3.05, 3.63) is 45.9 Å². The highest BCUT2D eigenvalue weighted by Crippen LogP contribution is 2.30. The maximum atomic E-state index is 12.2. The number of aromatic nitrogens is 2. The lowest BCUT2D eigenvalue weighted by Gasteiger charge is -2.32. The average Bonchev–Trinajstić information content (AvgIpc) is 2.80. The van der Waals surface area contributed by atoms with E-state index in [1.54, 1.807) is 20.3 Å². The Labute approximate surface area is 176 Å². The van der Waals surface area contributed by atoms with E-state index < -0.39 is 0 Å². The fourth-order valence-corrected chi connectivity index (χ4v) is 4.21. The summed E-state index contributed by atoms with van der Waals surface area (Å²) in [7, 11) is 3.35. The van der Waals surface area contributed by atoms with E-state index in [2.05, 4.69) is 20.9 Å². The zero-order valence-electron chi connectivity index (χ0n) is 17.7. The van der Waals surface area contributed by atoms with Gasteiger partial charge in [-0.3, -0.25) is 14.7 Å². The lowest BCUT2D eigenvalue weighted by molar-refractivity contribution is 0.122. The Morgan fingerprint density at radius 2 is 1.87 bits per heavy atom. The number of nitrogens with zero attached hydrogens (tertiary/aromatic N) is 3. The van der Waals surface area contributed by atoms with Crippen LogP contribution >= 0.6 is 0 Å². The summed E-state index contributed by atoms with van der Waals surface area (Å²) in [6.07, 6.45) is 1.97.